The van der Waals surface area contributed by atoms with Crippen molar-refractivity contribution in [2.24, 2.45) is 5.92 Å². The van der Waals surface area contributed by atoms with Crippen LogP contribution in [0.5, 0.6) is 0 Å². The highest BCUT2D eigenvalue weighted by molar-refractivity contribution is 5.67. The molecule has 1 saturated carbocycles. The SMILES string of the molecule is C[C@@H]1C[C@]12C=Cc1ccccc12. The van der Waals surface area contributed by atoms with Gasteiger partial charge in [0, 0.05) is 5.41 Å². The van der Waals surface area contributed by atoms with Gasteiger partial charge >= 0.3 is 0 Å². The van der Waals surface area contributed by atoms with Gasteiger partial charge < -0.3 is 0 Å². The van der Waals surface area contributed by atoms with E-state index in [0.717, 1.165) is 5.92 Å². The maximum atomic E-state index is 2.39. The van der Waals surface area contributed by atoms with E-state index in [4.69, 9.17) is 0 Å². The van der Waals surface area contributed by atoms with E-state index in [1.165, 1.54) is 12.0 Å². The Morgan fingerprint density at radius 2 is 2.08 bits per heavy atom. The topological polar surface area (TPSA) is 0 Å². The molecule has 60 valence electrons. The second-order valence-electron chi connectivity index (χ2n) is 4.07. The van der Waals surface area contributed by atoms with Gasteiger partial charge in [0.1, 0.15) is 0 Å². The molecule has 2 atom stereocenters. The summed E-state index contributed by atoms with van der Waals surface area (Å²) in [6.45, 7) is 2.34. The summed E-state index contributed by atoms with van der Waals surface area (Å²) < 4.78 is 0. The van der Waals surface area contributed by atoms with E-state index < -0.39 is 0 Å². The zero-order chi connectivity index (χ0) is 8.18. The Bertz CT molecular complexity index is 362. The molecule has 0 N–H and O–H groups in total. The zero-order valence-electron chi connectivity index (χ0n) is 7.25. The molecule has 0 nitrogen and oxygen atoms in total. The predicted molar refractivity (Wildman–Crippen MR) is 50.9 cm³/mol. The molecule has 0 amide bonds. The number of allylic oxidation sites excluding steroid dienone is 1. The molecule has 0 bridgehead atoms. The number of rotatable bonds is 0. The fraction of sp³-hybridized carbons (Fsp3) is 0.333. The van der Waals surface area contributed by atoms with Crippen LogP contribution in [-0.4, -0.2) is 0 Å². The first kappa shape index (κ1) is 6.47. The molecule has 12 heavy (non-hydrogen) atoms. The lowest BCUT2D eigenvalue weighted by molar-refractivity contribution is 0.791. The van der Waals surface area contributed by atoms with Crippen molar-refractivity contribution in [3.63, 3.8) is 0 Å². The van der Waals surface area contributed by atoms with Gasteiger partial charge in [-0.15, -0.1) is 0 Å². The van der Waals surface area contributed by atoms with Crippen LogP contribution in [0.2, 0.25) is 0 Å². The first-order valence-corrected chi connectivity index (χ1v) is 4.62. The Morgan fingerprint density at radius 1 is 1.33 bits per heavy atom. The van der Waals surface area contributed by atoms with Crippen molar-refractivity contribution in [3.8, 4) is 0 Å². The second-order valence-corrected chi connectivity index (χ2v) is 4.07. The van der Waals surface area contributed by atoms with Crippen LogP contribution in [0.1, 0.15) is 24.5 Å². The molecular formula is C12H12. The molecule has 0 heteroatoms. The van der Waals surface area contributed by atoms with E-state index >= 15 is 0 Å². The van der Waals surface area contributed by atoms with Crippen LogP contribution in [0.4, 0.5) is 0 Å². The van der Waals surface area contributed by atoms with Gasteiger partial charge in [-0.25, -0.2) is 0 Å². The van der Waals surface area contributed by atoms with Crippen LogP contribution in [0.25, 0.3) is 6.08 Å². The molecule has 2 aliphatic rings. The highest BCUT2D eigenvalue weighted by Gasteiger charge is 2.52. The lowest BCUT2D eigenvalue weighted by atomic mass is 9.96. The Hall–Kier alpha value is -1.04. The summed E-state index contributed by atoms with van der Waals surface area (Å²) >= 11 is 0. The lowest BCUT2D eigenvalue weighted by Gasteiger charge is -2.07. The summed E-state index contributed by atoms with van der Waals surface area (Å²) in [6, 6.07) is 8.76. The lowest BCUT2D eigenvalue weighted by Crippen LogP contribution is -2.01. The molecule has 0 aliphatic heterocycles. The highest BCUT2D eigenvalue weighted by Crippen LogP contribution is 2.58. The van der Waals surface area contributed by atoms with Crippen molar-refractivity contribution >= 4 is 6.08 Å². The molecule has 0 radical (unpaired) electrons. The van der Waals surface area contributed by atoms with E-state index in [-0.39, 0.29) is 0 Å². The van der Waals surface area contributed by atoms with Gasteiger partial charge in [0.15, 0.2) is 0 Å². The van der Waals surface area contributed by atoms with Crippen LogP contribution >= 0.6 is 0 Å². The largest absolute Gasteiger partial charge is 0.0730 e. The van der Waals surface area contributed by atoms with Gasteiger partial charge in [0.2, 0.25) is 0 Å². The summed E-state index contributed by atoms with van der Waals surface area (Å²) in [7, 11) is 0. The normalized spacial score (nSPS) is 35.6. The van der Waals surface area contributed by atoms with Crippen LogP contribution in [-0.2, 0) is 5.41 Å². The molecular weight excluding hydrogens is 144 g/mol. The van der Waals surface area contributed by atoms with Gasteiger partial charge in [0.25, 0.3) is 0 Å². The molecule has 1 aromatic rings. The Kier molecular flexibility index (Phi) is 0.982. The minimum absolute atomic E-state index is 0.455. The molecule has 3 rings (SSSR count). The van der Waals surface area contributed by atoms with E-state index in [2.05, 4.69) is 43.3 Å². The fourth-order valence-corrected chi connectivity index (χ4v) is 2.45. The minimum atomic E-state index is 0.455. The predicted octanol–water partition coefficient (Wildman–Crippen LogP) is 2.99. The average molecular weight is 156 g/mol. The van der Waals surface area contributed by atoms with Crippen LogP contribution < -0.4 is 0 Å². The molecule has 1 fully saturated rings. The Labute approximate surface area is 72.9 Å². The van der Waals surface area contributed by atoms with Gasteiger partial charge in [-0.2, -0.15) is 0 Å². The first-order chi connectivity index (χ1) is 5.83. The molecule has 0 aromatic heterocycles. The van der Waals surface area contributed by atoms with E-state index in [1.807, 2.05) is 0 Å². The van der Waals surface area contributed by atoms with Gasteiger partial charge in [-0.05, 0) is 23.5 Å². The quantitative estimate of drug-likeness (QED) is 0.541. The van der Waals surface area contributed by atoms with Gasteiger partial charge in [-0.3, -0.25) is 0 Å². The van der Waals surface area contributed by atoms with E-state index in [0.29, 0.717) is 5.41 Å². The smallest absolute Gasteiger partial charge is 0.0170 e. The highest BCUT2D eigenvalue weighted by atomic mass is 14.6. The summed E-state index contributed by atoms with van der Waals surface area (Å²) in [6.07, 6.45) is 6.02. The van der Waals surface area contributed by atoms with Crippen molar-refractivity contribution in [1.82, 2.24) is 0 Å². The Balaban J connectivity index is 2.21. The number of fused-ring (bicyclic) bond motifs is 2. The standard InChI is InChI=1S/C12H12/c1-9-8-12(9)7-6-10-4-2-3-5-11(10)12/h2-7,9H,8H2,1H3/t9-,12-/m1/s1. The third-order valence-electron chi connectivity index (χ3n) is 3.39. The summed E-state index contributed by atoms with van der Waals surface area (Å²) in [5, 5.41) is 0. The van der Waals surface area contributed by atoms with Crippen molar-refractivity contribution < 1.29 is 0 Å². The number of benzene rings is 1. The van der Waals surface area contributed by atoms with Crippen LogP contribution in [0, 0.1) is 5.92 Å². The summed E-state index contributed by atoms with van der Waals surface area (Å²) in [5.41, 5.74) is 3.44. The molecule has 0 heterocycles. The average Bonchev–Trinajstić information content (AvgIpc) is 2.58. The van der Waals surface area contributed by atoms with Gasteiger partial charge in [-0.1, -0.05) is 43.3 Å². The fourth-order valence-electron chi connectivity index (χ4n) is 2.45. The molecule has 0 unspecified atom stereocenters. The Morgan fingerprint density at radius 3 is 2.83 bits per heavy atom. The second kappa shape index (κ2) is 1.82. The maximum Gasteiger partial charge on any atom is 0.0170 e. The maximum absolute atomic E-state index is 2.39. The number of hydrogen-bond donors (Lipinski definition) is 0. The van der Waals surface area contributed by atoms with Crippen molar-refractivity contribution in [1.29, 1.82) is 0 Å². The third-order valence-corrected chi connectivity index (χ3v) is 3.39. The van der Waals surface area contributed by atoms with E-state index in [1.54, 1.807) is 5.56 Å². The molecule has 1 spiro atoms. The van der Waals surface area contributed by atoms with Gasteiger partial charge in [0.05, 0.1) is 0 Å². The summed E-state index contributed by atoms with van der Waals surface area (Å²) in [4.78, 5) is 0. The number of hydrogen-bond acceptors (Lipinski definition) is 0. The minimum Gasteiger partial charge on any atom is -0.0730 e. The molecule has 2 aliphatic carbocycles. The molecule has 0 saturated heterocycles. The van der Waals surface area contributed by atoms with Crippen molar-refractivity contribution in [3.05, 3.63) is 41.5 Å². The van der Waals surface area contributed by atoms with Crippen LogP contribution in [0.15, 0.2) is 30.3 Å². The summed E-state index contributed by atoms with van der Waals surface area (Å²) in [5.74, 6) is 0.859. The van der Waals surface area contributed by atoms with E-state index in [9.17, 15) is 0 Å². The van der Waals surface area contributed by atoms with Crippen molar-refractivity contribution in [2.75, 3.05) is 0 Å². The first-order valence-electron chi connectivity index (χ1n) is 4.62. The third kappa shape index (κ3) is 0.592. The monoisotopic (exact) mass is 156 g/mol. The van der Waals surface area contributed by atoms with Crippen molar-refractivity contribution in [2.45, 2.75) is 18.8 Å². The molecule has 1 aromatic carbocycles. The zero-order valence-corrected chi connectivity index (χ0v) is 7.25. The van der Waals surface area contributed by atoms with Crippen LogP contribution in [0.3, 0.4) is 0 Å².